The van der Waals surface area contributed by atoms with Gasteiger partial charge in [-0.2, -0.15) is 0 Å². The average molecular weight is 330 g/mol. The number of morpholine rings is 1. The molecule has 21 heavy (non-hydrogen) atoms. The number of rotatable bonds is 4. The average Bonchev–Trinajstić information content (AvgIpc) is 2.56. The quantitative estimate of drug-likeness (QED) is 0.731. The lowest BCUT2D eigenvalue weighted by Crippen LogP contribution is -2.51. The summed E-state index contributed by atoms with van der Waals surface area (Å²) in [6.45, 7) is 7.12. The summed E-state index contributed by atoms with van der Waals surface area (Å²) >= 11 is 7.42. The molecule has 0 unspecified atom stereocenters. The Morgan fingerprint density at radius 3 is 2.62 bits per heavy atom. The van der Waals surface area contributed by atoms with Crippen LogP contribution in [-0.2, 0) is 4.74 Å². The second-order valence-corrected chi connectivity index (χ2v) is 7.86. The van der Waals surface area contributed by atoms with Gasteiger partial charge in [0.15, 0.2) is 0 Å². The zero-order chi connectivity index (χ0) is 14.5. The monoisotopic (exact) mass is 329 g/mol. The predicted octanol–water partition coefficient (Wildman–Crippen LogP) is 2.20. The van der Waals surface area contributed by atoms with Crippen LogP contribution in [0.15, 0.2) is 0 Å². The molecule has 2 aliphatic heterocycles. The first-order valence-electron chi connectivity index (χ1n) is 8.29. The van der Waals surface area contributed by atoms with Crippen LogP contribution in [0.4, 0.5) is 0 Å². The van der Waals surface area contributed by atoms with Gasteiger partial charge < -0.3 is 9.64 Å². The van der Waals surface area contributed by atoms with Crippen molar-refractivity contribution in [3.63, 3.8) is 0 Å². The highest BCUT2D eigenvalue weighted by atomic mass is 32.2. The first-order valence-corrected chi connectivity index (χ1v) is 9.68. The molecular formula is C15H27N3OS2. The molecule has 0 atom stereocenters. The van der Waals surface area contributed by atoms with E-state index in [4.69, 9.17) is 17.0 Å². The standard InChI is InChI=1S/C15H27N3OS2/c20-15-17(7-6-16-8-10-19-11-9-16)12-18(13-21-15)14-4-2-1-3-5-14/h14H,1-13H2. The van der Waals surface area contributed by atoms with E-state index in [1.165, 1.54) is 32.1 Å². The summed E-state index contributed by atoms with van der Waals surface area (Å²) in [5, 5.41) is 0. The summed E-state index contributed by atoms with van der Waals surface area (Å²) in [5.74, 6) is 1.09. The normalized spacial score (nSPS) is 27.2. The third kappa shape index (κ3) is 4.55. The number of hydrogen-bond donors (Lipinski definition) is 0. The molecule has 3 rings (SSSR count). The topological polar surface area (TPSA) is 19.0 Å². The van der Waals surface area contributed by atoms with Gasteiger partial charge in [0.25, 0.3) is 0 Å². The van der Waals surface area contributed by atoms with Gasteiger partial charge in [0, 0.05) is 32.2 Å². The number of thioether (sulfide) groups is 1. The molecule has 2 saturated heterocycles. The van der Waals surface area contributed by atoms with Crippen LogP contribution in [0.5, 0.6) is 0 Å². The summed E-state index contributed by atoms with van der Waals surface area (Å²) in [4.78, 5) is 7.56. The highest BCUT2D eigenvalue weighted by Crippen LogP contribution is 2.28. The number of ether oxygens (including phenoxy) is 1. The molecule has 0 amide bonds. The van der Waals surface area contributed by atoms with Gasteiger partial charge in [0.2, 0.25) is 0 Å². The molecule has 0 N–H and O–H groups in total. The number of nitrogens with zero attached hydrogens (tertiary/aromatic N) is 3. The van der Waals surface area contributed by atoms with E-state index in [1.807, 2.05) is 11.8 Å². The summed E-state index contributed by atoms with van der Waals surface area (Å²) < 4.78 is 6.51. The Morgan fingerprint density at radius 1 is 1.10 bits per heavy atom. The van der Waals surface area contributed by atoms with Crippen molar-refractivity contribution in [1.29, 1.82) is 0 Å². The Labute approximate surface area is 138 Å². The van der Waals surface area contributed by atoms with Crippen LogP contribution in [0.25, 0.3) is 0 Å². The smallest absolute Gasteiger partial charge is 0.138 e. The van der Waals surface area contributed by atoms with Crippen molar-refractivity contribution in [1.82, 2.24) is 14.7 Å². The maximum absolute atomic E-state index is 5.57. The van der Waals surface area contributed by atoms with E-state index in [-0.39, 0.29) is 0 Å². The van der Waals surface area contributed by atoms with Gasteiger partial charge in [-0.25, -0.2) is 0 Å². The zero-order valence-corrected chi connectivity index (χ0v) is 14.5. The summed E-state index contributed by atoms with van der Waals surface area (Å²) in [6, 6.07) is 0.792. The Balaban J connectivity index is 1.47. The van der Waals surface area contributed by atoms with E-state index in [0.29, 0.717) is 0 Å². The van der Waals surface area contributed by atoms with Crippen molar-refractivity contribution in [2.45, 2.75) is 38.1 Å². The highest BCUT2D eigenvalue weighted by molar-refractivity contribution is 8.22. The van der Waals surface area contributed by atoms with Crippen molar-refractivity contribution in [3.05, 3.63) is 0 Å². The van der Waals surface area contributed by atoms with Crippen LogP contribution in [-0.4, -0.2) is 77.0 Å². The molecule has 6 heteroatoms. The van der Waals surface area contributed by atoms with Gasteiger partial charge in [-0.15, -0.1) is 0 Å². The van der Waals surface area contributed by atoms with Crippen LogP contribution in [0.1, 0.15) is 32.1 Å². The van der Waals surface area contributed by atoms with Crippen molar-refractivity contribution in [2.75, 3.05) is 51.9 Å². The Bertz CT molecular complexity index is 344. The molecule has 3 aliphatic rings. The predicted molar refractivity (Wildman–Crippen MR) is 92.6 cm³/mol. The summed E-state index contributed by atoms with van der Waals surface area (Å²) in [6.07, 6.45) is 7.00. The van der Waals surface area contributed by atoms with E-state index >= 15 is 0 Å². The molecule has 0 spiro atoms. The molecule has 2 heterocycles. The maximum Gasteiger partial charge on any atom is 0.138 e. The van der Waals surface area contributed by atoms with Crippen molar-refractivity contribution < 1.29 is 4.74 Å². The molecule has 1 saturated carbocycles. The van der Waals surface area contributed by atoms with E-state index in [9.17, 15) is 0 Å². The molecule has 120 valence electrons. The Hall–Kier alpha value is 0.120. The van der Waals surface area contributed by atoms with Crippen LogP contribution in [0.3, 0.4) is 0 Å². The van der Waals surface area contributed by atoms with Crippen molar-refractivity contribution >= 4 is 28.3 Å². The van der Waals surface area contributed by atoms with Crippen LogP contribution in [0.2, 0.25) is 0 Å². The van der Waals surface area contributed by atoms with Gasteiger partial charge >= 0.3 is 0 Å². The lowest BCUT2D eigenvalue weighted by Gasteiger charge is -2.42. The van der Waals surface area contributed by atoms with Gasteiger partial charge in [-0.1, -0.05) is 43.2 Å². The number of hydrogen-bond acceptors (Lipinski definition) is 5. The first kappa shape index (κ1) is 16.0. The minimum absolute atomic E-state index is 0.792. The molecule has 3 fully saturated rings. The van der Waals surface area contributed by atoms with Gasteiger partial charge in [0.05, 0.1) is 25.8 Å². The molecular weight excluding hydrogens is 302 g/mol. The first-order chi connectivity index (χ1) is 10.3. The number of thiocarbonyl (C=S) groups is 1. The SMILES string of the molecule is S=C1SCN(C2CCCCC2)CN1CCN1CCOCC1. The molecule has 0 aromatic heterocycles. The second kappa shape index (κ2) is 8.11. The largest absolute Gasteiger partial charge is 0.379 e. The molecule has 0 aromatic carbocycles. The van der Waals surface area contributed by atoms with Crippen molar-refractivity contribution in [3.8, 4) is 0 Å². The highest BCUT2D eigenvalue weighted by Gasteiger charge is 2.28. The minimum atomic E-state index is 0.792. The second-order valence-electron chi connectivity index (χ2n) is 6.28. The van der Waals surface area contributed by atoms with E-state index in [0.717, 1.165) is 62.3 Å². The van der Waals surface area contributed by atoms with Crippen LogP contribution >= 0.6 is 24.0 Å². The maximum atomic E-state index is 5.57. The lowest BCUT2D eigenvalue weighted by molar-refractivity contribution is 0.0332. The third-order valence-electron chi connectivity index (χ3n) is 4.85. The fourth-order valence-corrected chi connectivity index (χ4v) is 4.67. The molecule has 0 radical (unpaired) electrons. The zero-order valence-electron chi connectivity index (χ0n) is 12.8. The Morgan fingerprint density at radius 2 is 1.86 bits per heavy atom. The minimum Gasteiger partial charge on any atom is -0.379 e. The van der Waals surface area contributed by atoms with E-state index in [1.54, 1.807) is 0 Å². The fourth-order valence-electron chi connectivity index (χ4n) is 3.46. The van der Waals surface area contributed by atoms with Gasteiger partial charge in [0.1, 0.15) is 4.32 Å². The molecule has 0 aromatic rings. The van der Waals surface area contributed by atoms with Gasteiger partial charge in [-0.05, 0) is 12.8 Å². The lowest BCUT2D eigenvalue weighted by atomic mass is 9.95. The van der Waals surface area contributed by atoms with Crippen LogP contribution in [0, 0.1) is 0 Å². The Kier molecular flexibility index (Phi) is 6.18. The van der Waals surface area contributed by atoms with E-state index in [2.05, 4.69) is 14.7 Å². The molecule has 1 aliphatic carbocycles. The van der Waals surface area contributed by atoms with Crippen molar-refractivity contribution in [2.24, 2.45) is 0 Å². The summed E-state index contributed by atoms with van der Waals surface area (Å²) in [7, 11) is 0. The third-order valence-corrected chi connectivity index (χ3v) is 6.42. The van der Waals surface area contributed by atoms with E-state index < -0.39 is 0 Å². The molecule has 4 nitrogen and oxygen atoms in total. The summed E-state index contributed by atoms with van der Waals surface area (Å²) in [5.41, 5.74) is 0. The van der Waals surface area contributed by atoms with Crippen LogP contribution < -0.4 is 0 Å². The fraction of sp³-hybridized carbons (Fsp3) is 0.933. The van der Waals surface area contributed by atoms with Gasteiger partial charge in [-0.3, -0.25) is 9.80 Å². The molecule has 0 bridgehead atoms.